The van der Waals surface area contributed by atoms with Gasteiger partial charge in [0.05, 0.1) is 52.3 Å². The Morgan fingerprint density at radius 1 is 1.07 bits per heavy atom. The van der Waals surface area contributed by atoms with Crippen LogP contribution in [0.25, 0.3) is 16.7 Å². The van der Waals surface area contributed by atoms with Crippen LogP contribution in [0.15, 0.2) is 49.1 Å². The fraction of sp³-hybridized carbons (Fsp3) is 0.0526. The molecular weight excluding hydrogens is 413 g/mol. The number of urea groups is 1. The summed E-state index contributed by atoms with van der Waals surface area (Å²) in [5.41, 5.74) is 1.05. The molecule has 4 aromatic rings. The van der Waals surface area contributed by atoms with Crippen LogP contribution in [0, 0.1) is 5.82 Å². The van der Waals surface area contributed by atoms with E-state index in [1.165, 1.54) is 60.8 Å². The number of pyridine rings is 2. The number of nitrogens with zero attached hydrogens (tertiary/aromatic N) is 5. The quantitative estimate of drug-likeness (QED) is 0.480. The number of benzene rings is 1. The van der Waals surface area contributed by atoms with E-state index in [-0.39, 0.29) is 22.1 Å². The number of anilines is 2. The molecule has 11 heteroatoms. The third-order valence-electron chi connectivity index (χ3n) is 4.12. The monoisotopic (exact) mass is 425 g/mol. The number of Topliss-reactive ketones (excluding diaryl/α,β-unsaturated/α-hetero) is 1. The molecule has 9 nitrogen and oxygen atoms in total. The summed E-state index contributed by atoms with van der Waals surface area (Å²) in [5.74, 6) is -0.558. The van der Waals surface area contributed by atoms with Crippen LogP contribution in [-0.2, 0) is 0 Å². The van der Waals surface area contributed by atoms with Gasteiger partial charge in [-0.3, -0.25) is 9.78 Å². The summed E-state index contributed by atoms with van der Waals surface area (Å²) in [5, 5.41) is 13.5. The van der Waals surface area contributed by atoms with Crippen molar-refractivity contribution < 1.29 is 14.0 Å². The van der Waals surface area contributed by atoms with Crippen molar-refractivity contribution in [1.29, 1.82) is 0 Å². The molecule has 150 valence electrons. The van der Waals surface area contributed by atoms with Gasteiger partial charge in [0, 0.05) is 5.39 Å². The zero-order valence-electron chi connectivity index (χ0n) is 15.4. The lowest BCUT2D eigenvalue weighted by atomic mass is 10.0. The predicted molar refractivity (Wildman–Crippen MR) is 109 cm³/mol. The van der Waals surface area contributed by atoms with Crippen molar-refractivity contribution in [3.8, 4) is 5.82 Å². The lowest BCUT2D eigenvalue weighted by Crippen LogP contribution is -2.21. The molecule has 0 unspecified atom stereocenters. The number of nitrogens with one attached hydrogen (secondary N) is 2. The molecule has 30 heavy (non-hydrogen) atoms. The van der Waals surface area contributed by atoms with Crippen LogP contribution in [0.3, 0.4) is 0 Å². The van der Waals surface area contributed by atoms with E-state index in [0.29, 0.717) is 22.4 Å². The van der Waals surface area contributed by atoms with Crippen LogP contribution in [0.1, 0.15) is 17.3 Å². The van der Waals surface area contributed by atoms with Gasteiger partial charge in [-0.1, -0.05) is 11.6 Å². The summed E-state index contributed by atoms with van der Waals surface area (Å²) in [4.78, 5) is 34.2. The van der Waals surface area contributed by atoms with Gasteiger partial charge < -0.3 is 10.6 Å². The summed E-state index contributed by atoms with van der Waals surface area (Å²) in [6.45, 7) is 1.33. The van der Waals surface area contributed by atoms with E-state index in [2.05, 4.69) is 30.8 Å². The van der Waals surface area contributed by atoms with Crippen molar-refractivity contribution in [2.24, 2.45) is 0 Å². The number of fused-ring (bicyclic) bond motifs is 1. The molecule has 2 N–H and O–H groups in total. The third kappa shape index (κ3) is 3.80. The smallest absolute Gasteiger partial charge is 0.306 e. The number of carbonyl (C=O) groups excluding carboxylic acids is 2. The first-order valence-corrected chi connectivity index (χ1v) is 8.99. The fourth-order valence-corrected chi connectivity index (χ4v) is 3.14. The molecule has 0 bridgehead atoms. The molecule has 0 spiro atoms. The Morgan fingerprint density at radius 2 is 1.83 bits per heavy atom. The van der Waals surface area contributed by atoms with Crippen LogP contribution >= 0.6 is 11.6 Å². The van der Waals surface area contributed by atoms with Crippen LogP contribution in [0.5, 0.6) is 0 Å². The Bertz CT molecular complexity index is 1280. The number of hydrogen-bond donors (Lipinski definition) is 2. The number of carbonyl (C=O) groups is 2. The number of rotatable bonds is 4. The van der Waals surface area contributed by atoms with E-state index in [1.54, 1.807) is 0 Å². The van der Waals surface area contributed by atoms with Crippen LogP contribution < -0.4 is 10.6 Å². The molecular formula is C19H13ClFN7O2. The van der Waals surface area contributed by atoms with Crippen molar-refractivity contribution in [3.63, 3.8) is 0 Å². The average molecular weight is 426 g/mol. The summed E-state index contributed by atoms with van der Waals surface area (Å²) < 4.78 is 13.7. The first-order chi connectivity index (χ1) is 14.4. The van der Waals surface area contributed by atoms with E-state index < -0.39 is 11.8 Å². The van der Waals surface area contributed by atoms with Gasteiger partial charge in [0.1, 0.15) is 5.82 Å². The zero-order valence-corrected chi connectivity index (χ0v) is 16.2. The summed E-state index contributed by atoms with van der Waals surface area (Å²) in [7, 11) is 0. The average Bonchev–Trinajstić information content (AvgIpc) is 3.21. The second-order valence-corrected chi connectivity index (χ2v) is 6.60. The molecule has 3 heterocycles. The second-order valence-electron chi connectivity index (χ2n) is 6.19. The first-order valence-electron chi connectivity index (χ1n) is 8.62. The van der Waals surface area contributed by atoms with Crippen LogP contribution in [-0.4, -0.2) is 36.8 Å². The van der Waals surface area contributed by atoms with Gasteiger partial charge in [-0.05, 0) is 31.2 Å². The minimum Gasteiger partial charge on any atom is -0.306 e. The fourth-order valence-electron chi connectivity index (χ4n) is 2.89. The second kappa shape index (κ2) is 7.84. The van der Waals surface area contributed by atoms with Gasteiger partial charge in [-0.25, -0.2) is 14.2 Å². The van der Waals surface area contributed by atoms with Gasteiger partial charge in [-0.15, -0.1) is 4.80 Å². The van der Waals surface area contributed by atoms with Crippen LogP contribution in [0.4, 0.5) is 20.6 Å². The van der Waals surface area contributed by atoms with E-state index in [0.717, 1.165) is 0 Å². The van der Waals surface area contributed by atoms with Crippen molar-refractivity contribution in [2.75, 3.05) is 10.6 Å². The standard InChI is InChI=1S/C19H13ClFN7O2/c1-10(29)17-13-6-11(21)2-3-15(13)22-9-16(17)27-19(30)26-12-7-14(20)18(23-8-12)28-24-4-5-25-28/h2-9H,1H3,(H2,26,27,30). The van der Waals surface area contributed by atoms with Crippen molar-refractivity contribution >= 4 is 45.7 Å². The molecule has 1 aromatic carbocycles. The largest absolute Gasteiger partial charge is 0.323 e. The number of hydrogen-bond acceptors (Lipinski definition) is 6. The molecule has 0 aliphatic heterocycles. The highest BCUT2D eigenvalue weighted by Crippen LogP contribution is 2.26. The molecule has 0 saturated carbocycles. The van der Waals surface area contributed by atoms with Gasteiger partial charge in [-0.2, -0.15) is 10.2 Å². The normalized spacial score (nSPS) is 10.8. The van der Waals surface area contributed by atoms with E-state index in [4.69, 9.17) is 11.6 Å². The molecule has 0 aliphatic carbocycles. The molecule has 0 radical (unpaired) electrons. The lowest BCUT2D eigenvalue weighted by molar-refractivity contribution is 0.102. The Balaban J connectivity index is 1.59. The molecule has 0 fully saturated rings. The zero-order chi connectivity index (χ0) is 21.3. The Labute approximate surface area is 173 Å². The van der Waals surface area contributed by atoms with Crippen molar-refractivity contribution in [1.82, 2.24) is 25.0 Å². The van der Waals surface area contributed by atoms with Crippen LogP contribution in [0.2, 0.25) is 5.02 Å². The maximum Gasteiger partial charge on any atom is 0.323 e. The highest BCUT2D eigenvalue weighted by atomic mass is 35.5. The molecule has 0 saturated heterocycles. The van der Waals surface area contributed by atoms with Crippen molar-refractivity contribution in [3.05, 3.63) is 65.5 Å². The summed E-state index contributed by atoms with van der Waals surface area (Å²) >= 11 is 6.19. The first kappa shape index (κ1) is 19.4. The Kier molecular flexibility index (Phi) is 5.07. The molecule has 2 amide bonds. The molecule has 0 atom stereocenters. The molecule has 3 aromatic heterocycles. The predicted octanol–water partition coefficient (Wildman–Crippen LogP) is 3.85. The molecule has 0 aliphatic rings. The maximum atomic E-state index is 13.7. The number of aromatic nitrogens is 5. The lowest BCUT2D eigenvalue weighted by Gasteiger charge is -2.13. The van der Waals surface area contributed by atoms with E-state index in [9.17, 15) is 14.0 Å². The molecule has 4 rings (SSSR count). The van der Waals surface area contributed by atoms with Gasteiger partial charge >= 0.3 is 6.03 Å². The maximum absolute atomic E-state index is 13.7. The van der Waals surface area contributed by atoms with Crippen molar-refractivity contribution in [2.45, 2.75) is 6.92 Å². The number of ketones is 1. The van der Waals surface area contributed by atoms with E-state index >= 15 is 0 Å². The Morgan fingerprint density at radius 3 is 2.53 bits per heavy atom. The summed E-state index contributed by atoms with van der Waals surface area (Å²) in [6.07, 6.45) is 5.68. The number of amides is 2. The van der Waals surface area contributed by atoms with Gasteiger partial charge in [0.25, 0.3) is 0 Å². The summed E-state index contributed by atoms with van der Waals surface area (Å²) in [6, 6.07) is 4.74. The highest BCUT2D eigenvalue weighted by molar-refractivity contribution is 6.32. The topological polar surface area (TPSA) is 115 Å². The Hall–Kier alpha value is -3.92. The van der Waals surface area contributed by atoms with E-state index in [1.807, 2.05) is 0 Å². The minimum atomic E-state index is -0.655. The van der Waals surface area contributed by atoms with Gasteiger partial charge in [0.15, 0.2) is 11.6 Å². The SMILES string of the molecule is CC(=O)c1c(NC(=O)Nc2cnc(-n3nccn3)c(Cl)c2)cnc2ccc(F)cc12. The number of halogens is 2. The third-order valence-corrected chi connectivity index (χ3v) is 4.40. The minimum absolute atomic E-state index is 0.148. The van der Waals surface area contributed by atoms with Gasteiger partial charge in [0.2, 0.25) is 0 Å². The highest BCUT2D eigenvalue weighted by Gasteiger charge is 2.16.